The van der Waals surface area contributed by atoms with Gasteiger partial charge in [0.05, 0.1) is 0 Å². The van der Waals surface area contributed by atoms with E-state index in [4.69, 9.17) is 6.42 Å². The van der Waals surface area contributed by atoms with Crippen molar-refractivity contribution in [3.05, 3.63) is 34.7 Å². The van der Waals surface area contributed by atoms with Crippen molar-refractivity contribution in [3.8, 4) is 12.3 Å². The normalized spacial score (nSPS) is 10.0. The Kier molecular flexibility index (Phi) is 1.64. The predicted octanol–water partition coefficient (Wildman–Crippen LogP) is 3.19. The smallest absolute Gasteiger partial charge is 0.0346 e. The fourth-order valence-electron chi connectivity index (χ4n) is 1.27. The average Bonchev–Trinajstić information content (AvgIpc) is 2.43. The number of fused-ring (bicyclic) bond motifs is 1. The van der Waals surface area contributed by atoms with E-state index in [0.717, 1.165) is 5.56 Å². The lowest BCUT2D eigenvalue weighted by molar-refractivity contribution is 1.65. The van der Waals surface area contributed by atoms with Crippen LogP contribution < -0.4 is 0 Å². The summed E-state index contributed by atoms with van der Waals surface area (Å²) in [6.45, 7) is 2.11. The number of thiophene rings is 1. The molecule has 0 unspecified atom stereocenters. The number of benzene rings is 1. The highest BCUT2D eigenvalue weighted by atomic mass is 32.1. The van der Waals surface area contributed by atoms with Crippen molar-refractivity contribution >= 4 is 21.4 Å². The van der Waals surface area contributed by atoms with Crippen LogP contribution in [0.15, 0.2) is 24.3 Å². The number of terminal acetylenes is 1. The van der Waals surface area contributed by atoms with E-state index in [1.165, 1.54) is 15.0 Å². The molecule has 0 fully saturated rings. The summed E-state index contributed by atoms with van der Waals surface area (Å²) in [6, 6.07) is 8.29. The lowest BCUT2D eigenvalue weighted by atomic mass is 10.2. The van der Waals surface area contributed by atoms with Gasteiger partial charge in [0, 0.05) is 15.1 Å². The maximum Gasteiger partial charge on any atom is 0.0346 e. The highest BCUT2D eigenvalue weighted by Crippen LogP contribution is 2.25. The second-order valence-corrected chi connectivity index (χ2v) is 4.04. The molecule has 0 nitrogen and oxygen atoms in total. The third-order valence-electron chi connectivity index (χ3n) is 1.81. The third kappa shape index (κ3) is 1.11. The molecule has 1 heteroatoms. The minimum absolute atomic E-state index is 0.959. The van der Waals surface area contributed by atoms with Gasteiger partial charge in [-0.05, 0) is 36.6 Å². The molecule has 58 valence electrons. The van der Waals surface area contributed by atoms with Gasteiger partial charge in [-0.3, -0.25) is 0 Å². The van der Waals surface area contributed by atoms with Crippen LogP contribution in [0.2, 0.25) is 0 Å². The Morgan fingerprint density at radius 3 is 2.92 bits per heavy atom. The molecule has 0 aliphatic rings. The van der Waals surface area contributed by atoms with Gasteiger partial charge in [-0.25, -0.2) is 0 Å². The molecule has 0 saturated heterocycles. The molecule has 0 aliphatic carbocycles. The fourth-order valence-corrected chi connectivity index (χ4v) is 2.17. The summed E-state index contributed by atoms with van der Waals surface area (Å²) >= 11 is 1.80. The van der Waals surface area contributed by atoms with Gasteiger partial charge in [0.1, 0.15) is 0 Å². The van der Waals surface area contributed by atoms with E-state index in [1.807, 2.05) is 6.07 Å². The van der Waals surface area contributed by atoms with Gasteiger partial charge < -0.3 is 0 Å². The lowest BCUT2D eigenvalue weighted by Gasteiger charge is -1.89. The van der Waals surface area contributed by atoms with Crippen molar-refractivity contribution in [1.29, 1.82) is 0 Å². The van der Waals surface area contributed by atoms with E-state index in [0.29, 0.717) is 0 Å². The van der Waals surface area contributed by atoms with Gasteiger partial charge in [-0.15, -0.1) is 17.8 Å². The van der Waals surface area contributed by atoms with Crippen LogP contribution in [0.1, 0.15) is 10.4 Å². The Morgan fingerprint density at radius 1 is 1.33 bits per heavy atom. The summed E-state index contributed by atoms with van der Waals surface area (Å²) in [5, 5.41) is 1.26. The highest BCUT2D eigenvalue weighted by molar-refractivity contribution is 7.19. The van der Waals surface area contributed by atoms with Crippen LogP contribution in [-0.2, 0) is 0 Å². The van der Waals surface area contributed by atoms with Crippen molar-refractivity contribution in [2.45, 2.75) is 6.92 Å². The molecule has 0 N–H and O–H groups in total. The van der Waals surface area contributed by atoms with Gasteiger partial charge in [0.25, 0.3) is 0 Å². The molecular weight excluding hydrogens is 164 g/mol. The molecule has 2 aromatic rings. The van der Waals surface area contributed by atoms with Gasteiger partial charge in [-0.2, -0.15) is 0 Å². The highest BCUT2D eigenvalue weighted by Gasteiger charge is 1.97. The van der Waals surface area contributed by atoms with Crippen LogP contribution in [0, 0.1) is 19.3 Å². The summed E-state index contributed by atoms with van der Waals surface area (Å²) < 4.78 is 1.31. The SMILES string of the molecule is C#Cc1ccc2sc(C)cc2c1. The van der Waals surface area contributed by atoms with Crippen LogP contribution in [-0.4, -0.2) is 0 Å². The maximum atomic E-state index is 5.30. The molecule has 0 radical (unpaired) electrons. The molecule has 0 saturated carbocycles. The monoisotopic (exact) mass is 172 g/mol. The van der Waals surface area contributed by atoms with Gasteiger partial charge in [-0.1, -0.05) is 5.92 Å². The first-order valence-corrected chi connectivity index (χ1v) is 4.58. The van der Waals surface area contributed by atoms with E-state index < -0.39 is 0 Å². The summed E-state index contributed by atoms with van der Waals surface area (Å²) in [7, 11) is 0. The molecule has 0 amide bonds. The minimum Gasteiger partial charge on any atom is -0.141 e. The molecular formula is C11H8S. The lowest BCUT2D eigenvalue weighted by Crippen LogP contribution is -1.69. The topological polar surface area (TPSA) is 0 Å². The molecule has 0 spiro atoms. The van der Waals surface area contributed by atoms with Crippen molar-refractivity contribution in [3.63, 3.8) is 0 Å². The molecule has 1 aromatic carbocycles. The number of aryl methyl sites for hydroxylation is 1. The molecule has 0 bridgehead atoms. The van der Waals surface area contributed by atoms with Gasteiger partial charge in [0.15, 0.2) is 0 Å². The molecule has 2 rings (SSSR count). The van der Waals surface area contributed by atoms with E-state index >= 15 is 0 Å². The second kappa shape index (κ2) is 2.66. The Balaban J connectivity index is 2.77. The standard InChI is InChI=1S/C11H8S/c1-3-9-4-5-11-10(7-9)6-8(2)12-11/h1,4-7H,2H3. The Hall–Kier alpha value is -1.26. The molecule has 1 heterocycles. The van der Waals surface area contributed by atoms with Crippen molar-refractivity contribution < 1.29 is 0 Å². The molecule has 0 atom stereocenters. The predicted molar refractivity (Wildman–Crippen MR) is 54.5 cm³/mol. The van der Waals surface area contributed by atoms with Crippen LogP contribution in [0.5, 0.6) is 0 Å². The van der Waals surface area contributed by atoms with E-state index in [2.05, 4.69) is 31.0 Å². The quantitative estimate of drug-likeness (QED) is 0.535. The average molecular weight is 172 g/mol. The Bertz CT molecular complexity index is 457. The Morgan fingerprint density at radius 2 is 2.17 bits per heavy atom. The summed E-state index contributed by atoms with van der Waals surface area (Å²) in [4.78, 5) is 1.33. The first-order valence-electron chi connectivity index (χ1n) is 3.76. The molecule has 1 aromatic heterocycles. The first-order chi connectivity index (χ1) is 5.79. The maximum absolute atomic E-state index is 5.30. The fraction of sp³-hybridized carbons (Fsp3) is 0.0909. The van der Waals surface area contributed by atoms with Crippen LogP contribution in [0.4, 0.5) is 0 Å². The number of hydrogen-bond acceptors (Lipinski definition) is 1. The summed E-state index contributed by atoms with van der Waals surface area (Å²) in [5.74, 6) is 2.63. The van der Waals surface area contributed by atoms with Crippen LogP contribution in [0.3, 0.4) is 0 Å². The Labute approximate surface area is 75.8 Å². The largest absolute Gasteiger partial charge is 0.141 e. The van der Waals surface area contributed by atoms with Gasteiger partial charge >= 0.3 is 0 Å². The first kappa shape index (κ1) is 7.39. The third-order valence-corrected chi connectivity index (χ3v) is 2.84. The van der Waals surface area contributed by atoms with Crippen LogP contribution >= 0.6 is 11.3 Å². The van der Waals surface area contributed by atoms with Crippen molar-refractivity contribution in [1.82, 2.24) is 0 Å². The zero-order valence-electron chi connectivity index (χ0n) is 6.79. The second-order valence-electron chi connectivity index (χ2n) is 2.75. The van der Waals surface area contributed by atoms with E-state index in [-0.39, 0.29) is 0 Å². The number of hydrogen-bond donors (Lipinski definition) is 0. The molecule has 12 heavy (non-hydrogen) atoms. The van der Waals surface area contributed by atoms with Crippen molar-refractivity contribution in [2.75, 3.05) is 0 Å². The number of rotatable bonds is 0. The van der Waals surface area contributed by atoms with E-state index in [1.54, 1.807) is 11.3 Å². The zero-order chi connectivity index (χ0) is 8.55. The van der Waals surface area contributed by atoms with Crippen molar-refractivity contribution in [2.24, 2.45) is 0 Å². The zero-order valence-corrected chi connectivity index (χ0v) is 7.61. The van der Waals surface area contributed by atoms with Gasteiger partial charge in [0.2, 0.25) is 0 Å². The van der Waals surface area contributed by atoms with E-state index in [9.17, 15) is 0 Å². The minimum atomic E-state index is 0.959. The summed E-state index contributed by atoms with van der Waals surface area (Å²) in [5.41, 5.74) is 0.959. The van der Waals surface area contributed by atoms with Crippen LogP contribution in [0.25, 0.3) is 10.1 Å². The summed E-state index contributed by atoms with van der Waals surface area (Å²) in [6.07, 6.45) is 5.30. The molecule has 0 aliphatic heterocycles.